The molecular formula is C19H30N2O3. The summed E-state index contributed by atoms with van der Waals surface area (Å²) in [7, 11) is 0. The standard InChI is InChI=1S/C19H30N2O3/c1-6-13(2)20-16-11-14-7-9-21(18(23)24-19(3,4)5)10-8-15(14)12-17(16)22/h11-13,20,22H,6-10H2,1-5H3. The highest BCUT2D eigenvalue weighted by atomic mass is 16.6. The van der Waals surface area contributed by atoms with Gasteiger partial charge in [0, 0.05) is 19.1 Å². The molecule has 1 aliphatic heterocycles. The molecule has 0 saturated carbocycles. The zero-order valence-electron chi connectivity index (χ0n) is 15.5. The van der Waals surface area contributed by atoms with Crippen LogP contribution in [-0.4, -0.2) is 40.8 Å². The van der Waals surface area contributed by atoms with Gasteiger partial charge in [0.15, 0.2) is 0 Å². The highest BCUT2D eigenvalue weighted by molar-refractivity contribution is 5.68. The minimum absolute atomic E-state index is 0.266. The molecule has 1 unspecified atom stereocenters. The molecule has 0 spiro atoms. The van der Waals surface area contributed by atoms with Gasteiger partial charge in [-0.1, -0.05) is 6.92 Å². The first-order valence-corrected chi connectivity index (χ1v) is 8.79. The van der Waals surface area contributed by atoms with Crippen molar-refractivity contribution in [1.29, 1.82) is 0 Å². The van der Waals surface area contributed by atoms with Crippen molar-refractivity contribution in [2.45, 2.75) is 65.5 Å². The average Bonchev–Trinajstić information content (AvgIpc) is 2.68. The third-order valence-corrected chi connectivity index (χ3v) is 4.29. The quantitative estimate of drug-likeness (QED) is 0.822. The highest BCUT2D eigenvalue weighted by Gasteiger charge is 2.24. The molecule has 0 radical (unpaired) electrons. The number of anilines is 1. The van der Waals surface area contributed by atoms with Gasteiger partial charge >= 0.3 is 6.09 Å². The number of nitrogens with zero attached hydrogens (tertiary/aromatic N) is 1. The number of hydrogen-bond donors (Lipinski definition) is 2. The van der Waals surface area contributed by atoms with Crippen LogP contribution in [0.1, 0.15) is 52.2 Å². The van der Waals surface area contributed by atoms with Gasteiger partial charge in [-0.05, 0) is 70.2 Å². The minimum Gasteiger partial charge on any atom is -0.506 e. The van der Waals surface area contributed by atoms with Gasteiger partial charge in [-0.3, -0.25) is 0 Å². The monoisotopic (exact) mass is 334 g/mol. The van der Waals surface area contributed by atoms with Gasteiger partial charge in [-0.15, -0.1) is 0 Å². The van der Waals surface area contributed by atoms with Crippen molar-refractivity contribution >= 4 is 11.8 Å². The fraction of sp³-hybridized carbons (Fsp3) is 0.632. The van der Waals surface area contributed by atoms with E-state index in [1.807, 2.05) is 32.9 Å². The van der Waals surface area contributed by atoms with E-state index >= 15 is 0 Å². The lowest BCUT2D eigenvalue weighted by Crippen LogP contribution is -2.38. The Bertz CT molecular complexity index is 593. The summed E-state index contributed by atoms with van der Waals surface area (Å²) in [6.07, 6.45) is 2.22. The van der Waals surface area contributed by atoms with E-state index in [4.69, 9.17) is 4.74 Å². The summed E-state index contributed by atoms with van der Waals surface area (Å²) in [4.78, 5) is 14.0. The van der Waals surface area contributed by atoms with Crippen molar-refractivity contribution < 1.29 is 14.6 Å². The number of aromatic hydroxyl groups is 1. The van der Waals surface area contributed by atoms with E-state index in [-0.39, 0.29) is 11.8 Å². The van der Waals surface area contributed by atoms with Gasteiger partial charge in [-0.2, -0.15) is 0 Å². The fourth-order valence-corrected chi connectivity index (χ4v) is 2.76. The van der Waals surface area contributed by atoms with Crippen molar-refractivity contribution in [1.82, 2.24) is 4.90 Å². The molecule has 0 aliphatic carbocycles. The Morgan fingerprint density at radius 2 is 1.88 bits per heavy atom. The summed E-state index contributed by atoms with van der Waals surface area (Å²) in [6.45, 7) is 11.1. The fourth-order valence-electron chi connectivity index (χ4n) is 2.76. The van der Waals surface area contributed by atoms with Crippen LogP contribution >= 0.6 is 0 Å². The summed E-state index contributed by atoms with van der Waals surface area (Å²) in [5, 5.41) is 13.6. The normalized spacial score (nSPS) is 16.1. The van der Waals surface area contributed by atoms with Crippen LogP contribution in [0, 0.1) is 0 Å². The molecule has 1 atom stereocenters. The van der Waals surface area contributed by atoms with Gasteiger partial charge in [0.2, 0.25) is 0 Å². The third-order valence-electron chi connectivity index (χ3n) is 4.29. The van der Waals surface area contributed by atoms with E-state index in [0.717, 1.165) is 30.5 Å². The highest BCUT2D eigenvalue weighted by Crippen LogP contribution is 2.30. The molecule has 1 aromatic rings. The molecule has 1 aliphatic rings. The average molecular weight is 334 g/mol. The van der Waals surface area contributed by atoms with Gasteiger partial charge in [0.05, 0.1) is 5.69 Å². The predicted octanol–water partition coefficient (Wildman–Crippen LogP) is 3.94. The number of rotatable bonds is 3. The number of hydrogen-bond acceptors (Lipinski definition) is 4. The maximum atomic E-state index is 12.3. The maximum absolute atomic E-state index is 12.3. The number of nitrogens with one attached hydrogen (secondary N) is 1. The predicted molar refractivity (Wildman–Crippen MR) is 96.7 cm³/mol. The summed E-state index contributed by atoms with van der Waals surface area (Å²) >= 11 is 0. The zero-order chi connectivity index (χ0) is 17.9. The second-order valence-corrected chi connectivity index (χ2v) is 7.56. The Hall–Kier alpha value is -1.91. The molecule has 1 amide bonds. The van der Waals surface area contributed by atoms with E-state index in [2.05, 4.69) is 19.2 Å². The zero-order valence-corrected chi connectivity index (χ0v) is 15.5. The Morgan fingerprint density at radius 1 is 1.29 bits per heavy atom. The van der Waals surface area contributed by atoms with Crippen LogP contribution in [0.3, 0.4) is 0 Å². The molecule has 5 heteroatoms. The Morgan fingerprint density at radius 3 is 2.42 bits per heavy atom. The first-order valence-electron chi connectivity index (χ1n) is 8.79. The van der Waals surface area contributed by atoms with Crippen LogP contribution in [0.5, 0.6) is 5.75 Å². The smallest absolute Gasteiger partial charge is 0.410 e. The maximum Gasteiger partial charge on any atom is 0.410 e. The van der Waals surface area contributed by atoms with Crippen LogP contribution in [0.15, 0.2) is 12.1 Å². The second-order valence-electron chi connectivity index (χ2n) is 7.56. The van der Waals surface area contributed by atoms with E-state index in [0.29, 0.717) is 19.1 Å². The van der Waals surface area contributed by atoms with Crippen LogP contribution in [0.4, 0.5) is 10.5 Å². The number of phenolic OH excluding ortho intramolecular Hbond substituents is 1. The molecule has 2 rings (SSSR count). The Balaban J connectivity index is 2.11. The van der Waals surface area contributed by atoms with Crippen molar-refractivity contribution in [2.75, 3.05) is 18.4 Å². The summed E-state index contributed by atoms with van der Waals surface area (Å²) in [6, 6.07) is 4.16. The Kier molecular flexibility index (Phi) is 5.62. The minimum atomic E-state index is -0.484. The lowest BCUT2D eigenvalue weighted by atomic mass is 10.0. The van der Waals surface area contributed by atoms with Gasteiger partial charge in [-0.25, -0.2) is 4.79 Å². The largest absolute Gasteiger partial charge is 0.506 e. The van der Waals surface area contributed by atoms with Gasteiger partial charge < -0.3 is 20.1 Å². The topological polar surface area (TPSA) is 61.8 Å². The molecule has 0 aromatic heterocycles. The van der Waals surface area contributed by atoms with E-state index in [9.17, 15) is 9.90 Å². The molecule has 24 heavy (non-hydrogen) atoms. The van der Waals surface area contributed by atoms with Crippen LogP contribution < -0.4 is 5.32 Å². The summed E-state index contributed by atoms with van der Waals surface area (Å²) < 4.78 is 5.47. The SMILES string of the molecule is CCC(C)Nc1cc2c(cc1O)CCN(C(=O)OC(C)(C)C)CC2. The number of carbonyl (C=O) groups excluding carboxylic acids is 1. The molecule has 5 nitrogen and oxygen atoms in total. The summed E-state index contributed by atoms with van der Waals surface area (Å²) in [5.74, 6) is 0.278. The Labute approximate surface area is 145 Å². The van der Waals surface area contributed by atoms with Gasteiger partial charge in [0.1, 0.15) is 11.4 Å². The van der Waals surface area contributed by atoms with Crippen molar-refractivity contribution in [2.24, 2.45) is 0 Å². The lowest BCUT2D eigenvalue weighted by molar-refractivity contribution is 0.0258. The molecule has 0 saturated heterocycles. The van der Waals surface area contributed by atoms with Crippen molar-refractivity contribution in [3.8, 4) is 5.75 Å². The molecular weight excluding hydrogens is 304 g/mol. The van der Waals surface area contributed by atoms with Gasteiger partial charge in [0.25, 0.3) is 0 Å². The number of phenols is 1. The molecule has 134 valence electrons. The molecule has 0 fully saturated rings. The first kappa shape index (κ1) is 18.4. The lowest BCUT2D eigenvalue weighted by Gasteiger charge is -2.26. The van der Waals surface area contributed by atoms with Crippen LogP contribution in [-0.2, 0) is 17.6 Å². The molecule has 2 N–H and O–H groups in total. The van der Waals surface area contributed by atoms with E-state index in [1.165, 1.54) is 5.56 Å². The molecule has 1 aromatic carbocycles. The second kappa shape index (κ2) is 7.32. The number of carbonyl (C=O) groups is 1. The van der Waals surface area contributed by atoms with Crippen molar-refractivity contribution in [3.63, 3.8) is 0 Å². The number of fused-ring (bicyclic) bond motifs is 1. The van der Waals surface area contributed by atoms with E-state index in [1.54, 1.807) is 4.90 Å². The number of ether oxygens (including phenoxy) is 1. The van der Waals surface area contributed by atoms with Crippen LogP contribution in [0.25, 0.3) is 0 Å². The third kappa shape index (κ3) is 4.79. The first-order chi connectivity index (χ1) is 11.2. The van der Waals surface area contributed by atoms with Crippen LogP contribution in [0.2, 0.25) is 0 Å². The van der Waals surface area contributed by atoms with E-state index < -0.39 is 5.60 Å². The molecule has 0 bridgehead atoms. The van der Waals surface area contributed by atoms with Crippen molar-refractivity contribution in [3.05, 3.63) is 23.3 Å². The number of amides is 1. The number of benzene rings is 1. The molecule has 1 heterocycles. The summed E-state index contributed by atoms with van der Waals surface area (Å²) in [5.41, 5.74) is 2.58.